The molecule has 0 aliphatic carbocycles. The number of nitrogens with zero attached hydrogens (tertiary/aromatic N) is 1. The number of hydrazone groups is 1. The van der Waals surface area contributed by atoms with Crippen LogP contribution in [0, 0.1) is 0 Å². The van der Waals surface area contributed by atoms with Gasteiger partial charge in [0, 0.05) is 5.56 Å². The van der Waals surface area contributed by atoms with E-state index in [0.717, 1.165) is 5.56 Å². The number of carbonyl (C=O) groups is 1. The lowest BCUT2D eigenvalue weighted by atomic mass is 10.2. The molecule has 0 radical (unpaired) electrons. The van der Waals surface area contributed by atoms with E-state index in [-0.39, 0.29) is 11.7 Å². The Morgan fingerprint density at radius 3 is 2.39 bits per heavy atom. The second-order valence-corrected chi connectivity index (χ2v) is 3.66. The number of hydrogen-bond acceptors (Lipinski definition) is 3. The lowest BCUT2D eigenvalue weighted by Gasteiger charge is -1.98. The average molecular weight is 240 g/mol. The zero-order valence-corrected chi connectivity index (χ0v) is 9.58. The van der Waals surface area contributed by atoms with Crippen LogP contribution in [0.2, 0.25) is 0 Å². The first-order chi connectivity index (χ1) is 8.75. The van der Waals surface area contributed by atoms with Crippen molar-refractivity contribution in [2.45, 2.75) is 0 Å². The summed E-state index contributed by atoms with van der Waals surface area (Å²) in [5.74, 6) is -0.0638. The molecule has 0 saturated heterocycles. The molecule has 0 spiro atoms. The standard InChI is InChI=1S/C14H12N2O2/c17-13-8-6-11(7-9-13)10-15-16-14(18)12-4-2-1-3-5-12/h1-10,17H,(H,16,18)/b15-10+. The Morgan fingerprint density at radius 2 is 1.72 bits per heavy atom. The minimum atomic E-state index is -0.259. The van der Waals surface area contributed by atoms with Crippen molar-refractivity contribution < 1.29 is 9.90 Å². The fourth-order valence-electron chi connectivity index (χ4n) is 1.38. The number of benzene rings is 2. The molecule has 4 heteroatoms. The van der Waals surface area contributed by atoms with Gasteiger partial charge in [-0.25, -0.2) is 5.43 Å². The molecule has 0 unspecified atom stereocenters. The van der Waals surface area contributed by atoms with Gasteiger partial charge in [-0.05, 0) is 42.0 Å². The van der Waals surface area contributed by atoms with E-state index in [1.165, 1.54) is 6.21 Å². The number of amides is 1. The second-order valence-electron chi connectivity index (χ2n) is 3.66. The number of phenols is 1. The van der Waals surface area contributed by atoms with Crippen LogP contribution in [0.1, 0.15) is 15.9 Å². The smallest absolute Gasteiger partial charge is 0.271 e. The van der Waals surface area contributed by atoms with Crippen molar-refractivity contribution >= 4 is 12.1 Å². The van der Waals surface area contributed by atoms with E-state index >= 15 is 0 Å². The molecule has 2 aromatic carbocycles. The molecule has 0 heterocycles. The summed E-state index contributed by atoms with van der Waals surface area (Å²) in [6.07, 6.45) is 1.51. The maximum absolute atomic E-state index is 11.6. The number of aromatic hydroxyl groups is 1. The minimum absolute atomic E-state index is 0.195. The SMILES string of the molecule is O=C(N/N=C/c1ccc(O)cc1)c1ccccc1. The summed E-state index contributed by atoms with van der Waals surface area (Å²) in [4.78, 5) is 11.6. The van der Waals surface area contributed by atoms with Crippen LogP contribution in [0.3, 0.4) is 0 Å². The third kappa shape index (κ3) is 3.18. The van der Waals surface area contributed by atoms with E-state index in [9.17, 15) is 4.79 Å². The summed E-state index contributed by atoms with van der Waals surface area (Å²) in [5, 5.41) is 12.9. The summed E-state index contributed by atoms with van der Waals surface area (Å²) in [6.45, 7) is 0. The van der Waals surface area contributed by atoms with Gasteiger partial charge >= 0.3 is 0 Å². The maximum atomic E-state index is 11.6. The van der Waals surface area contributed by atoms with E-state index in [0.29, 0.717) is 5.56 Å². The van der Waals surface area contributed by atoms with Crippen molar-refractivity contribution in [3.63, 3.8) is 0 Å². The van der Waals surface area contributed by atoms with Crippen LogP contribution in [0.5, 0.6) is 5.75 Å². The monoisotopic (exact) mass is 240 g/mol. The molecule has 0 fully saturated rings. The molecule has 90 valence electrons. The molecule has 2 N–H and O–H groups in total. The zero-order valence-electron chi connectivity index (χ0n) is 9.58. The van der Waals surface area contributed by atoms with Gasteiger partial charge in [0.25, 0.3) is 5.91 Å². The van der Waals surface area contributed by atoms with Crippen molar-refractivity contribution in [2.75, 3.05) is 0 Å². The lowest BCUT2D eigenvalue weighted by Crippen LogP contribution is -2.17. The number of nitrogens with one attached hydrogen (secondary N) is 1. The van der Waals surface area contributed by atoms with Gasteiger partial charge in [-0.15, -0.1) is 0 Å². The molecule has 2 rings (SSSR count). The zero-order chi connectivity index (χ0) is 12.8. The van der Waals surface area contributed by atoms with Crippen LogP contribution in [0.4, 0.5) is 0 Å². The van der Waals surface area contributed by atoms with Crippen LogP contribution in [-0.2, 0) is 0 Å². The van der Waals surface area contributed by atoms with Gasteiger partial charge in [-0.3, -0.25) is 4.79 Å². The van der Waals surface area contributed by atoms with Crippen LogP contribution in [-0.4, -0.2) is 17.2 Å². The fourth-order valence-corrected chi connectivity index (χ4v) is 1.38. The van der Waals surface area contributed by atoms with Crippen molar-refractivity contribution in [1.82, 2.24) is 5.43 Å². The topological polar surface area (TPSA) is 61.7 Å². The molecule has 0 saturated carbocycles. The molecule has 4 nitrogen and oxygen atoms in total. The maximum Gasteiger partial charge on any atom is 0.271 e. The van der Waals surface area contributed by atoms with Gasteiger partial charge in [-0.2, -0.15) is 5.10 Å². The molecule has 0 bridgehead atoms. The first kappa shape index (κ1) is 11.9. The highest BCUT2D eigenvalue weighted by atomic mass is 16.3. The normalized spacial score (nSPS) is 10.4. The summed E-state index contributed by atoms with van der Waals surface area (Å²) >= 11 is 0. The van der Waals surface area contributed by atoms with Crippen molar-refractivity contribution in [1.29, 1.82) is 0 Å². The van der Waals surface area contributed by atoms with Crippen LogP contribution in [0.25, 0.3) is 0 Å². The quantitative estimate of drug-likeness (QED) is 0.638. The Labute approximate surface area is 105 Å². The largest absolute Gasteiger partial charge is 0.508 e. The third-order valence-corrected chi connectivity index (χ3v) is 2.31. The number of phenolic OH excluding ortho intramolecular Hbond substituents is 1. The van der Waals surface area contributed by atoms with E-state index in [2.05, 4.69) is 10.5 Å². The van der Waals surface area contributed by atoms with Gasteiger partial charge in [0.15, 0.2) is 0 Å². The molecule has 0 aliphatic heterocycles. The Bertz CT molecular complexity index is 548. The van der Waals surface area contributed by atoms with Crippen molar-refractivity contribution in [3.05, 3.63) is 65.7 Å². The molecule has 2 aromatic rings. The Morgan fingerprint density at radius 1 is 1.06 bits per heavy atom. The summed E-state index contributed by atoms with van der Waals surface area (Å²) < 4.78 is 0. The van der Waals surface area contributed by atoms with E-state index < -0.39 is 0 Å². The summed E-state index contributed by atoms with van der Waals surface area (Å²) in [7, 11) is 0. The van der Waals surface area contributed by atoms with Gasteiger partial charge in [-0.1, -0.05) is 18.2 Å². The Kier molecular flexibility index (Phi) is 3.71. The van der Waals surface area contributed by atoms with E-state index in [4.69, 9.17) is 5.11 Å². The predicted molar refractivity (Wildman–Crippen MR) is 69.6 cm³/mol. The van der Waals surface area contributed by atoms with Gasteiger partial charge in [0.05, 0.1) is 6.21 Å². The lowest BCUT2D eigenvalue weighted by molar-refractivity contribution is 0.0955. The summed E-state index contributed by atoms with van der Waals surface area (Å²) in [6, 6.07) is 15.4. The number of rotatable bonds is 3. The first-order valence-electron chi connectivity index (χ1n) is 5.43. The van der Waals surface area contributed by atoms with Crippen LogP contribution >= 0.6 is 0 Å². The number of carbonyl (C=O) groups excluding carboxylic acids is 1. The minimum Gasteiger partial charge on any atom is -0.508 e. The van der Waals surface area contributed by atoms with Gasteiger partial charge < -0.3 is 5.11 Å². The van der Waals surface area contributed by atoms with Crippen molar-refractivity contribution in [3.8, 4) is 5.75 Å². The molecular weight excluding hydrogens is 228 g/mol. The Hall–Kier alpha value is -2.62. The second kappa shape index (κ2) is 5.63. The van der Waals surface area contributed by atoms with Gasteiger partial charge in [0.1, 0.15) is 5.75 Å². The predicted octanol–water partition coefficient (Wildman–Crippen LogP) is 2.16. The molecule has 0 aromatic heterocycles. The highest BCUT2D eigenvalue weighted by Crippen LogP contribution is 2.07. The highest BCUT2D eigenvalue weighted by Gasteiger charge is 2.01. The van der Waals surface area contributed by atoms with E-state index in [1.807, 2.05) is 6.07 Å². The molecule has 0 aliphatic rings. The third-order valence-electron chi connectivity index (χ3n) is 2.31. The molecule has 0 atom stereocenters. The first-order valence-corrected chi connectivity index (χ1v) is 5.43. The molecule has 1 amide bonds. The van der Waals surface area contributed by atoms with Gasteiger partial charge in [0.2, 0.25) is 0 Å². The highest BCUT2D eigenvalue weighted by molar-refractivity contribution is 5.94. The molecular formula is C14H12N2O2. The Balaban J connectivity index is 1.96. The van der Waals surface area contributed by atoms with Crippen LogP contribution < -0.4 is 5.43 Å². The van der Waals surface area contributed by atoms with Crippen LogP contribution in [0.15, 0.2) is 59.7 Å². The number of hydrogen-bond donors (Lipinski definition) is 2. The summed E-state index contributed by atoms with van der Waals surface area (Å²) in [5.41, 5.74) is 3.78. The van der Waals surface area contributed by atoms with E-state index in [1.54, 1.807) is 48.5 Å². The van der Waals surface area contributed by atoms with Crippen molar-refractivity contribution in [2.24, 2.45) is 5.10 Å². The molecule has 18 heavy (non-hydrogen) atoms. The fraction of sp³-hybridized carbons (Fsp3) is 0. The average Bonchev–Trinajstić information content (AvgIpc) is 2.42.